The van der Waals surface area contributed by atoms with Crippen LogP contribution in [0.15, 0.2) is 0 Å². The topological polar surface area (TPSA) is 82.0 Å². The summed E-state index contributed by atoms with van der Waals surface area (Å²) in [5, 5.41) is 31.9. The quantitative estimate of drug-likeness (QED) is 0.504. The van der Waals surface area contributed by atoms with Crippen LogP contribution in [-0.2, 0) is 4.74 Å². The molecule has 5 nitrogen and oxygen atoms in total. The molecular formula is C11H23NO4. The molecule has 96 valence electrons. The van der Waals surface area contributed by atoms with Crippen molar-refractivity contribution in [3.63, 3.8) is 0 Å². The second kappa shape index (κ2) is 4.98. The van der Waals surface area contributed by atoms with E-state index in [-0.39, 0.29) is 24.3 Å². The Hall–Kier alpha value is -0.200. The van der Waals surface area contributed by atoms with Gasteiger partial charge in [0.25, 0.3) is 0 Å². The molecule has 0 aromatic heterocycles. The summed E-state index contributed by atoms with van der Waals surface area (Å²) in [4.78, 5) is 0. The Labute approximate surface area is 96.4 Å². The zero-order valence-electron chi connectivity index (χ0n) is 10.3. The van der Waals surface area contributed by atoms with Gasteiger partial charge in [0.05, 0.1) is 18.8 Å². The van der Waals surface area contributed by atoms with Gasteiger partial charge in [0.1, 0.15) is 18.3 Å². The predicted molar refractivity (Wildman–Crippen MR) is 60.1 cm³/mol. The van der Waals surface area contributed by atoms with Crippen LogP contribution in [0.1, 0.15) is 27.7 Å². The molecule has 0 aromatic rings. The molecule has 2 unspecified atom stereocenters. The van der Waals surface area contributed by atoms with Crippen LogP contribution < -0.4 is 5.32 Å². The second-order valence-electron chi connectivity index (χ2n) is 5.46. The lowest BCUT2D eigenvalue weighted by molar-refractivity contribution is -0.192. The van der Waals surface area contributed by atoms with E-state index < -0.39 is 18.3 Å². The van der Waals surface area contributed by atoms with Crippen molar-refractivity contribution in [1.82, 2.24) is 5.32 Å². The molecule has 0 aromatic carbocycles. The van der Waals surface area contributed by atoms with E-state index >= 15 is 0 Å². The second-order valence-corrected chi connectivity index (χ2v) is 5.46. The fourth-order valence-electron chi connectivity index (χ4n) is 2.00. The van der Waals surface area contributed by atoms with Crippen LogP contribution in [0.4, 0.5) is 0 Å². The standard InChI is InChI=1S/C11H23NO4/c1-6-8(12-11(2,3)4)10(15)9(14)7(5-13)16-6/h6-10,12-15H,5H2,1-4H3/t6-,7?,8?,9-,10-/m1/s1. The number of hydrogen-bond donors (Lipinski definition) is 4. The van der Waals surface area contributed by atoms with E-state index in [1.165, 1.54) is 0 Å². The monoisotopic (exact) mass is 233 g/mol. The largest absolute Gasteiger partial charge is 0.394 e. The Balaban J connectivity index is 2.72. The average molecular weight is 233 g/mol. The van der Waals surface area contributed by atoms with Crippen molar-refractivity contribution in [2.75, 3.05) is 6.61 Å². The molecule has 1 heterocycles. The molecule has 5 atom stereocenters. The third-order valence-electron chi connectivity index (χ3n) is 2.77. The molecule has 0 amide bonds. The van der Waals surface area contributed by atoms with Crippen molar-refractivity contribution in [3.05, 3.63) is 0 Å². The van der Waals surface area contributed by atoms with E-state index in [1.807, 2.05) is 27.7 Å². The molecule has 0 radical (unpaired) electrons. The molecule has 1 fully saturated rings. The van der Waals surface area contributed by atoms with E-state index in [4.69, 9.17) is 9.84 Å². The molecule has 5 heteroatoms. The van der Waals surface area contributed by atoms with Crippen LogP contribution in [-0.4, -0.2) is 57.9 Å². The molecule has 0 spiro atoms. The normalized spacial score (nSPS) is 41.1. The van der Waals surface area contributed by atoms with E-state index in [2.05, 4.69) is 5.32 Å². The van der Waals surface area contributed by atoms with E-state index in [1.54, 1.807) is 0 Å². The lowest BCUT2D eigenvalue weighted by Gasteiger charge is -2.44. The van der Waals surface area contributed by atoms with Crippen molar-refractivity contribution in [3.8, 4) is 0 Å². The minimum Gasteiger partial charge on any atom is -0.394 e. The molecule has 1 saturated heterocycles. The minimum atomic E-state index is -1.05. The summed E-state index contributed by atoms with van der Waals surface area (Å²) in [5.41, 5.74) is -0.172. The van der Waals surface area contributed by atoms with Gasteiger partial charge in [0.15, 0.2) is 0 Å². The van der Waals surface area contributed by atoms with Gasteiger partial charge in [-0.3, -0.25) is 0 Å². The first-order valence-corrected chi connectivity index (χ1v) is 5.66. The maximum atomic E-state index is 9.97. The number of aliphatic hydroxyl groups excluding tert-OH is 3. The Morgan fingerprint density at radius 3 is 2.19 bits per heavy atom. The van der Waals surface area contributed by atoms with Gasteiger partial charge in [-0.25, -0.2) is 0 Å². The lowest BCUT2D eigenvalue weighted by Crippen LogP contribution is -2.65. The number of nitrogens with one attached hydrogen (secondary N) is 1. The van der Waals surface area contributed by atoms with Gasteiger partial charge in [-0.05, 0) is 27.7 Å². The van der Waals surface area contributed by atoms with Crippen LogP contribution in [0.3, 0.4) is 0 Å². The van der Waals surface area contributed by atoms with Crippen LogP contribution in [0.25, 0.3) is 0 Å². The maximum Gasteiger partial charge on any atom is 0.110 e. The van der Waals surface area contributed by atoms with Crippen LogP contribution in [0, 0.1) is 0 Å². The Morgan fingerprint density at radius 1 is 1.19 bits per heavy atom. The zero-order chi connectivity index (χ0) is 12.5. The van der Waals surface area contributed by atoms with Gasteiger partial charge in [0, 0.05) is 5.54 Å². The summed E-state index contributed by atoms with van der Waals surface area (Å²) in [5.74, 6) is 0. The molecule has 0 aliphatic carbocycles. The van der Waals surface area contributed by atoms with Gasteiger partial charge in [-0.1, -0.05) is 0 Å². The predicted octanol–water partition coefficient (Wildman–Crippen LogP) is -0.755. The molecule has 16 heavy (non-hydrogen) atoms. The van der Waals surface area contributed by atoms with Gasteiger partial charge < -0.3 is 25.4 Å². The number of hydrogen-bond acceptors (Lipinski definition) is 5. The molecule has 0 bridgehead atoms. The maximum absolute atomic E-state index is 9.97. The first-order chi connectivity index (χ1) is 7.26. The van der Waals surface area contributed by atoms with E-state index in [0.29, 0.717) is 0 Å². The lowest BCUT2D eigenvalue weighted by atomic mass is 9.91. The summed E-state index contributed by atoms with van der Waals surface area (Å²) in [6, 6.07) is -0.335. The third-order valence-corrected chi connectivity index (χ3v) is 2.77. The van der Waals surface area contributed by atoms with Crippen molar-refractivity contribution < 1.29 is 20.1 Å². The van der Waals surface area contributed by atoms with Crippen LogP contribution in [0.5, 0.6) is 0 Å². The van der Waals surface area contributed by atoms with Crippen LogP contribution >= 0.6 is 0 Å². The molecule has 1 aliphatic heterocycles. The highest BCUT2D eigenvalue weighted by molar-refractivity contribution is 4.96. The van der Waals surface area contributed by atoms with Gasteiger partial charge >= 0.3 is 0 Å². The highest BCUT2D eigenvalue weighted by Crippen LogP contribution is 2.22. The summed E-state index contributed by atoms with van der Waals surface area (Å²) < 4.78 is 5.45. The Bertz CT molecular complexity index is 229. The first kappa shape index (κ1) is 13.9. The van der Waals surface area contributed by atoms with Gasteiger partial charge in [-0.15, -0.1) is 0 Å². The average Bonchev–Trinajstić information content (AvgIpc) is 2.17. The Kier molecular flexibility index (Phi) is 4.31. The molecular weight excluding hydrogens is 210 g/mol. The summed E-state index contributed by atoms with van der Waals surface area (Å²) in [7, 11) is 0. The summed E-state index contributed by atoms with van der Waals surface area (Å²) >= 11 is 0. The minimum absolute atomic E-state index is 0.172. The van der Waals surface area contributed by atoms with Crippen molar-refractivity contribution in [1.29, 1.82) is 0 Å². The smallest absolute Gasteiger partial charge is 0.110 e. The van der Waals surface area contributed by atoms with E-state index in [9.17, 15) is 10.2 Å². The number of ether oxygens (including phenoxy) is 1. The number of rotatable bonds is 2. The molecule has 4 N–H and O–H groups in total. The van der Waals surface area contributed by atoms with Gasteiger partial charge in [0.2, 0.25) is 0 Å². The van der Waals surface area contributed by atoms with Crippen LogP contribution in [0.2, 0.25) is 0 Å². The highest BCUT2D eigenvalue weighted by Gasteiger charge is 2.43. The first-order valence-electron chi connectivity index (χ1n) is 5.66. The van der Waals surface area contributed by atoms with Gasteiger partial charge in [-0.2, -0.15) is 0 Å². The third kappa shape index (κ3) is 3.15. The van der Waals surface area contributed by atoms with Crippen molar-refractivity contribution >= 4 is 0 Å². The Morgan fingerprint density at radius 2 is 1.75 bits per heavy atom. The fourth-order valence-corrected chi connectivity index (χ4v) is 2.00. The molecule has 0 saturated carbocycles. The van der Waals surface area contributed by atoms with E-state index in [0.717, 1.165) is 0 Å². The SMILES string of the molecule is C[C@H]1OC(CO)[C@@H](O)[C@H](O)C1NC(C)(C)C. The molecule has 1 rings (SSSR count). The molecule has 1 aliphatic rings. The number of aliphatic hydroxyl groups is 3. The summed E-state index contributed by atoms with van der Waals surface area (Å²) in [6.07, 6.45) is -2.95. The van der Waals surface area contributed by atoms with Crippen molar-refractivity contribution in [2.45, 2.75) is 63.7 Å². The fraction of sp³-hybridized carbons (Fsp3) is 1.00. The zero-order valence-corrected chi connectivity index (χ0v) is 10.3. The van der Waals surface area contributed by atoms with Crippen molar-refractivity contribution in [2.24, 2.45) is 0 Å². The highest BCUT2D eigenvalue weighted by atomic mass is 16.5. The summed E-state index contributed by atoms with van der Waals surface area (Å²) in [6.45, 7) is 7.48.